The molecule has 0 aliphatic rings. The Balaban J connectivity index is 2.46. The Bertz CT molecular complexity index is 636. The van der Waals surface area contributed by atoms with Crippen LogP contribution in [0.1, 0.15) is 31.9 Å². The van der Waals surface area contributed by atoms with Gasteiger partial charge in [0.05, 0.1) is 6.20 Å². The first-order chi connectivity index (χ1) is 9.27. The lowest BCUT2D eigenvalue weighted by molar-refractivity contribution is 0.406. The summed E-state index contributed by atoms with van der Waals surface area (Å²) in [6.45, 7) is 8.21. The van der Waals surface area contributed by atoms with E-state index in [0.29, 0.717) is 5.75 Å². The summed E-state index contributed by atoms with van der Waals surface area (Å²) < 4.78 is 19.3. The smallest absolute Gasteiger partial charge is 0.260 e. The molecule has 2 N–H and O–H groups in total. The van der Waals surface area contributed by atoms with Crippen LogP contribution in [-0.2, 0) is 5.41 Å². The maximum Gasteiger partial charge on any atom is 0.260 e. The van der Waals surface area contributed by atoms with E-state index in [1.165, 1.54) is 0 Å². The summed E-state index contributed by atoms with van der Waals surface area (Å²) in [5.74, 6) is -0.252. The summed E-state index contributed by atoms with van der Waals surface area (Å²) in [7, 11) is 0. The van der Waals surface area contributed by atoms with Crippen LogP contribution in [0.15, 0.2) is 24.4 Å². The van der Waals surface area contributed by atoms with E-state index in [4.69, 9.17) is 10.5 Å². The summed E-state index contributed by atoms with van der Waals surface area (Å²) in [4.78, 5) is 7.36. The Morgan fingerprint density at radius 2 is 1.95 bits per heavy atom. The summed E-state index contributed by atoms with van der Waals surface area (Å²) in [5, 5.41) is 0. The molecular weight excluding hydrogens is 257 g/mol. The van der Waals surface area contributed by atoms with Crippen LogP contribution < -0.4 is 10.5 Å². The molecule has 0 saturated carbocycles. The zero-order chi connectivity index (χ0) is 14.9. The first kappa shape index (κ1) is 14.2. The molecule has 2 rings (SSSR count). The number of nitrogen functional groups attached to an aromatic ring is 1. The second-order valence-electron chi connectivity index (χ2n) is 5.73. The molecule has 0 bridgehead atoms. The van der Waals surface area contributed by atoms with Gasteiger partial charge in [-0.1, -0.05) is 38.5 Å². The van der Waals surface area contributed by atoms with Gasteiger partial charge in [-0.3, -0.25) is 0 Å². The van der Waals surface area contributed by atoms with Crippen molar-refractivity contribution in [1.29, 1.82) is 0 Å². The number of nitrogens with two attached hydrogens (primary N) is 1. The molecule has 0 fully saturated rings. The third-order valence-corrected chi connectivity index (χ3v) is 2.88. The second kappa shape index (κ2) is 5.07. The molecule has 0 spiro atoms. The Kier molecular flexibility index (Phi) is 3.61. The molecule has 0 amide bonds. The van der Waals surface area contributed by atoms with Crippen molar-refractivity contribution < 1.29 is 9.13 Å². The van der Waals surface area contributed by atoms with Gasteiger partial charge in [0, 0.05) is 5.56 Å². The number of anilines is 1. The van der Waals surface area contributed by atoms with Gasteiger partial charge in [-0.25, -0.2) is 4.98 Å². The van der Waals surface area contributed by atoms with Gasteiger partial charge < -0.3 is 10.5 Å². The summed E-state index contributed by atoms with van der Waals surface area (Å²) in [5.41, 5.74) is 7.43. The van der Waals surface area contributed by atoms with Gasteiger partial charge in [0.25, 0.3) is 5.88 Å². The highest BCUT2D eigenvalue weighted by Crippen LogP contribution is 2.35. The van der Waals surface area contributed by atoms with Crippen LogP contribution >= 0.6 is 0 Å². The molecule has 4 nitrogen and oxygen atoms in total. The van der Waals surface area contributed by atoms with Crippen LogP contribution in [0.2, 0.25) is 0 Å². The average Bonchev–Trinajstić information content (AvgIpc) is 2.34. The first-order valence-electron chi connectivity index (χ1n) is 6.34. The van der Waals surface area contributed by atoms with Gasteiger partial charge in [-0.2, -0.15) is 9.37 Å². The second-order valence-corrected chi connectivity index (χ2v) is 5.73. The molecule has 106 valence electrons. The fraction of sp³-hybridized carbons (Fsp3) is 0.333. The number of ether oxygens (including phenoxy) is 1. The van der Waals surface area contributed by atoms with Crippen molar-refractivity contribution in [2.45, 2.75) is 33.1 Å². The quantitative estimate of drug-likeness (QED) is 0.909. The molecule has 1 heterocycles. The third-order valence-electron chi connectivity index (χ3n) is 2.88. The van der Waals surface area contributed by atoms with Gasteiger partial charge >= 0.3 is 0 Å². The molecule has 0 unspecified atom stereocenters. The highest BCUT2D eigenvalue weighted by Gasteiger charge is 2.20. The predicted octanol–water partition coefficient (Wildman–Crippen LogP) is 3.60. The van der Waals surface area contributed by atoms with Gasteiger partial charge in [-0.15, -0.1) is 0 Å². The number of hydrogen-bond donors (Lipinski definition) is 1. The standard InChI is InChI=1S/C15H18FN3O/c1-9-5-6-12(10(7-9)15(2,3)4)20-13-11(16)8-18-14(17)19-13/h5-8H,1-4H3,(H2,17,18,19). The average molecular weight is 275 g/mol. The molecule has 0 saturated heterocycles. The minimum absolute atomic E-state index is 0.0224. The maximum atomic E-state index is 13.7. The number of aryl methyl sites for hydroxylation is 1. The third kappa shape index (κ3) is 3.04. The Hall–Kier alpha value is -2.17. The van der Waals surface area contributed by atoms with Gasteiger partial charge in [-0.05, 0) is 18.4 Å². The summed E-state index contributed by atoms with van der Waals surface area (Å²) in [6.07, 6.45) is 1.00. The zero-order valence-electron chi connectivity index (χ0n) is 12.1. The van der Waals surface area contributed by atoms with Crippen molar-refractivity contribution in [1.82, 2.24) is 9.97 Å². The van der Waals surface area contributed by atoms with Crippen molar-refractivity contribution in [3.8, 4) is 11.6 Å². The topological polar surface area (TPSA) is 61.0 Å². The fourth-order valence-corrected chi connectivity index (χ4v) is 1.86. The number of benzene rings is 1. The zero-order valence-corrected chi connectivity index (χ0v) is 12.1. The molecule has 2 aromatic rings. The van der Waals surface area contributed by atoms with Crippen LogP contribution in [0.3, 0.4) is 0 Å². The van der Waals surface area contributed by atoms with Crippen molar-refractivity contribution in [3.05, 3.63) is 41.3 Å². The molecule has 1 aromatic carbocycles. The normalized spacial score (nSPS) is 11.4. The highest BCUT2D eigenvalue weighted by molar-refractivity contribution is 5.43. The molecule has 20 heavy (non-hydrogen) atoms. The number of rotatable bonds is 2. The molecule has 5 heteroatoms. The van der Waals surface area contributed by atoms with E-state index in [-0.39, 0.29) is 17.2 Å². The molecule has 0 radical (unpaired) electrons. The van der Waals surface area contributed by atoms with Crippen molar-refractivity contribution >= 4 is 5.95 Å². The van der Waals surface area contributed by atoms with Crippen LogP contribution in [-0.4, -0.2) is 9.97 Å². The maximum absolute atomic E-state index is 13.7. The highest BCUT2D eigenvalue weighted by atomic mass is 19.1. The van der Waals surface area contributed by atoms with E-state index in [1.54, 1.807) is 0 Å². The Morgan fingerprint density at radius 3 is 2.60 bits per heavy atom. The molecule has 0 aliphatic heterocycles. The molecule has 0 aliphatic carbocycles. The summed E-state index contributed by atoms with van der Waals surface area (Å²) in [6, 6.07) is 5.75. The predicted molar refractivity (Wildman–Crippen MR) is 76.4 cm³/mol. The number of aromatic nitrogens is 2. The first-order valence-corrected chi connectivity index (χ1v) is 6.34. The van der Waals surface area contributed by atoms with E-state index in [2.05, 4.69) is 30.7 Å². The van der Waals surface area contributed by atoms with E-state index in [9.17, 15) is 4.39 Å². The van der Waals surface area contributed by atoms with Gasteiger partial charge in [0.15, 0.2) is 0 Å². The molecule has 1 aromatic heterocycles. The largest absolute Gasteiger partial charge is 0.436 e. The van der Waals surface area contributed by atoms with Crippen molar-refractivity contribution in [2.24, 2.45) is 0 Å². The number of hydrogen-bond acceptors (Lipinski definition) is 4. The lowest BCUT2D eigenvalue weighted by Crippen LogP contribution is -2.13. The van der Waals surface area contributed by atoms with Gasteiger partial charge in [0.2, 0.25) is 11.8 Å². The monoisotopic (exact) mass is 275 g/mol. The minimum Gasteiger partial charge on any atom is -0.436 e. The van der Waals surface area contributed by atoms with E-state index in [1.807, 2.05) is 25.1 Å². The molecule has 0 atom stereocenters. The Labute approximate surface area is 117 Å². The number of halogens is 1. The molecular formula is C15H18FN3O. The van der Waals surface area contributed by atoms with Crippen molar-refractivity contribution in [2.75, 3.05) is 5.73 Å². The van der Waals surface area contributed by atoms with E-state index < -0.39 is 5.82 Å². The van der Waals surface area contributed by atoms with Crippen molar-refractivity contribution in [3.63, 3.8) is 0 Å². The lowest BCUT2D eigenvalue weighted by atomic mass is 9.85. The SMILES string of the molecule is Cc1ccc(Oc2nc(N)ncc2F)c(C(C)(C)C)c1. The minimum atomic E-state index is -0.639. The number of nitrogens with zero attached hydrogens (tertiary/aromatic N) is 2. The fourth-order valence-electron chi connectivity index (χ4n) is 1.86. The van der Waals surface area contributed by atoms with Crippen LogP contribution in [0, 0.1) is 12.7 Å². The van der Waals surface area contributed by atoms with Crippen LogP contribution in [0.25, 0.3) is 0 Å². The van der Waals surface area contributed by atoms with Crippen LogP contribution in [0.4, 0.5) is 10.3 Å². The van der Waals surface area contributed by atoms with E-state index in [0.717, 1.165) is 17.3 Å². The van der Waals surface area contributed by atoms with Crippen LogP contribution in [0.5, 0.6) is 11.6 Å². The van der Waals surface area contributed by atoms with E-state index >= 15 is 0 Å². The Morgan fingerprint density at radius 1 is 1.25 bits per heavy atom. The lowest BCUT2D eigenvalue weighted by Gasteiger charge is -2.23. The summed E-state index contributed by atoms with van der Waals surface area (Å²) >= 11 is 0. The van der Waals surface area contributed by atoms with Gasteiger partial charge in [0.1, 0.15) is 5.75 Å².